The van der Waals surface area contributed by atoms with Crippen LogP contribution in [0.2, 0.25) is 0 Å². The van der Waals surface area contributed by atoms with E-state index in [0.29, 0.717) is 6.61 Å². The molecule has 0 radical (unpaired) electrons. The molecule has 1 aliphatic heterocycles. The maximum absolute atomic E-state index is 5.52. The molecule has 1 aliphatic rings. The van der Waals surface area contributed by atoms with Gasteiger partial charge < -0.3 is 15.4 Å². The van der Waals surface area contributed by atoms with Crippen molar-refractivity contribution in [2.24, 2.45) is 0 Å². The topological polar surface area (TPSA) is 33.3 Å². The molecule has 0 amide bonds. The molecule has 1 aromatic carbocycles. The van der Waals surface area contributed by atoms with Crippen LogP contribution >= 0.6 is 0 Å². The lowest BCUT2D eigenvalue weighted by Gasteiger charge is -2.31. The average Bonchev–Trinajstić information content (AvgIpc) is 2.40. The summed E-state index contributed by atoms with van der Waals surface area (Å²) in [6.45, 7) is 15.6. The first-order valence-electron chi connectivity index (χ1n) is 7.89. The predicted molar refractivity (Wildman–Crippen MR) is 93.2 cm³/mol. The van der Waals surface area contributed by atoms with Gasteiger partial charge in [0.15, 0.2) is 0 Å². The third-order valence-electron chi connectivity index (χ3n) is 3.26. The van der Waals surface area contributed by atoms with Gasteiger partial charge in [-0.05, 0) is 64.6 Å². The summed E-state index contributed by atoms with van der Waals surface area (Å²) in [5.41, 5.74) is 3.77. The predicted octanol–water partition coefficient (Wildman–Crippen LogP) is 4.31. The number of hydrogen-bond donors (Lipinski definition) is 2. The second-order valence-corrected chi connectivity index (χ2v) is 5.77. The van der Waals surface area contributed by atoms with E-state index in [2.05, 4.69) is 63.5 Å². The van der Waals surface area contributed by atoms with Crippen LogP contribution in [0.4, 0.5) is 5.69 Å². The van der Waals surface area contributed by atoms with Crippen LogP contribution in [0, 0.1) is 0 Å². The van der Waals surface area contributed by atoms with Crippen LogP contribution in [0.5, 0.6) is 5.75 Å². The van der Waals surface area contributed by atoms with E-state index in [-0.39, 0.29) is 5.54 Å². The van der Waals surface area contributed by atoms with Crippen LogP contribution in [0.3, 0.4) is 0 Å². The van der Waals surface area contributed by atoms with Crippen LogP contribution in [-0.4, -0.2) is 25.2 Å². The highest BCUT2D eigenvalue weighted by Crippen LogP contribution is 2.35. The fraction of sp³-hybridized carbons (Fsp3) is 0.556. The van der Waals surface area contributed by atoms with Crippen molar-refractivity contribution < 1.29 is 4.74 Å². The molecule has 0 fully saturated rings. The van der Waals surface area contributed by atoms with Gasteiger partial charge in [0.25, 0.3) is 0 Å². The first-order chi connectivity index (χ1) is 9.93. The number of nitrogens with one attached hydrogen (secondary N) is 2. The van der Waals surface area contributed by atoms with Gasteiger partial charge in [-0.25, -0.2) is 0 Å². The quantitative estimate of drug-likeness (QED) is 0.867. The van der Waals surface area contributed by atoms with Gasteiger partial charge >= 0.3 is 0 Å². The van der Waals surface area contributed by atoms with E-state index in [0.717, 1.165) is 18.8 Å². The van der Waals surface area contributed by atoms with Gasteiger partial charge in [0.05, 0.1) is 12.1 Å². The zero-order valence-electron chi connectivity index (χ0n) is 14.3. The van der Waals surface area contributed by atoms with Crippen molar-refractivity contribution in [3.8, 4) is 5.75 Å². The number of allylic oxidation sites excluding steroid dienone is 1. The summed E-state index contributed by atoms with van der Waals surface area (Å²) >= 11 is 0. The standard InChI is InChI=1S/C14H19NO.C4H11N/c1-5-16-11-6-7-13-12(8-11)10(2)9-14(3,4)15-13;1-3-5-4-2/h6-9,15H,5H2,1-4H3;5H,3-4H2,1-2H3. The summed E-state index contributed by atoms with van der Waals surface area (Å²) < 4.78 is 5.52. The van der Waals surface area contributed by atoms with Crippen LogP contribution in [0.25, 0.3) is 5.57 Å². The van der Waals surface area contributed by atoms with Gasteiger partial charge in [-0.2, -0.15) is 0 Å². The molecule has 0 spiro atoms. The first kappa shape index (κ1) is 17.6. The molecule has 3 heteroatoms. The van der Waals surface area contributed by atoms with E-state index < -0.39 is 0 Å². The van der Waals surface area contributed by atoms with Gasteiger partial charge in [0.1, 0.15) is 5.75 Å². The molecule has 1 aromatic rings. The average molecular weight is 290 g/mol. The van der Waals surface area contributed by atoms with Gasteiger partial charge in [-0.15, -0.1) is 0 Å². The number of rotatable bonds is 4. The van der Waals surface area contributed by atoms with E-state index in [1.807, 2.05) is 13.0 Å². The second-order valence-electron chi connectivity index (χ2n) is 5.77. The smallest absolute Gasteiger partial charge is 0.120 e. The van der Waals surface area contributed by atoms with Crippen molar-refractivity contribution in [1.29, 1.82) is 0 Å². The number of benzene rings is 1. The lowest BCUT2D eigenvalue weighted by atomic mass is 9.91. The molecule has 3 nitrogen and oxygen atoms in total. The van der Waals surface area contributed by atoms with E-state index in [1.165, 1.54) is 16.8 Å². The molecule has 0 aromatic heterocycles. The second kappa shape index (κ2) is 8.08. The molecular weight excluding hydrogens is 260 g/mol. The SMILES string of the molecule is CCNCC.CCOc1ccc2c(c1)C(C)=CC(C)(C)N2. The molecule has 2 rings (SSSR count). The van der Waals surface area contributed by atoms with Crippen molar-refractivity contribution >= 4 is 11.3 Å². The number of fused-ring (bicyclic) bond motifs is 1. The highest BCUT2D eigenvalue weighted by molar-refractivity contribution is 5.80. The monoisotopic (exact) mass is 290 g/mol. The normalized spacial score (nSPS) is 15.0. The van der Waals surface area contributed by atoms with Crippen molar-refractivity contribution in [3.63, 3.8) is 0 Å². The zero-order valence-corrected chi connectivity index (χ0v) is 14.3. The summed E-state index contributed by atoms with van der Waals surface area (Å²) in [5.74, 6) is 0.940. The zero-order chi connectivity index (χ0) is 15.9. The molecule has 0 saturated carbocycles. The summed E-state index contributed by atoms with van der Waals surface area (Å²) in [5, 5.41) is 6.62. The molecule has 21 heavy (non-hydrogen) atoms. The number of hydrogen-bond acceptors (Lipinski definition) is 3. The van der Waals surface area contributed by atoms with E-state index in [9.17, 15) is 0 Å². The molecule has 1 heterocycles. The minimum atomic E-state index is 0.0320. The van der Waals surface area contributed by atoms with Crippen molar-refractivity contribution in [2.45, 2.75) is 47.1 Å². The minimum absolute atomic E-state index is 0.0320. The van der Waals surface area contributed by atoms with Crippen LogP contribution in [0.1, 0.15) is 47.1 Å². The highest BCUT2D eigenvalue weighted by Gasteiger charge is 2.22. The summed E-state index contributed by atoms with van der Waals surface area (Å²) in [4.78, 5) is 0. The first-order valence-corrected chi connectivity index (χ1v) is 7.89. The Labute approximate surface area is 129 Å². The third-order valence-corrected chi connectivity index (χ3v) is 3.26. The molecule has 0 atom stereocenters. The highest BCUT2D eigenvalue weighted by atomic mass is 16.5. The minimum Gasteiger partial charge on any atom is -0.494 e. The molecule has 0 aliphatic carbocycles. The van der Waals surface area contributed by atoms with Crippen molar-refractivity contribution in [3.05, 3.63) is 29.8 Å². The Morgan fingerprint density at radius 3 is 2.33 bits per heavy atom. The molecular formula is C18H30N2O. The molecule has 118 valence electrons. The van der Waals surface area contributed by atoms with Crippen molar-refractivity contribution in [1.82, 2.24) is 5.32 Å². The summed E-state index contributed by atoms with van der Waals surface area (Å²) in [6, 6.07) is 6.22. The number of anilines is 1. The Hall–Kier alpha value is -1.48. The molecule has 0 saturated heterocycles. The van der Waals surface area contributed by atoms with E-state index >= 15 is 0 Å². The van der Waals surface area contributed by atoms with Crippen LogP contribution in [0.15, 0.2) is 24.3 Å². The van der Waals surface area contributed by atoms with Gasteiger partial charge in [-0.1, -0.05) is 19.9 Å². The Kier molecular flexibility index (Phi) is 6.76. The number of ether oxygens (including phenoxy) is 1. The lowest BCUT2D eigenvalue weighted by molar-refractivity contribution is 0.340. The van der Waals surface area contributed by atoms with E-state index in [1.54, 1.807) is 0 Å². The third kappa shape index (κ3) is 5.43. The molecule has 2 N–H and O–H groups in total. The van der Waals surface area contributed by atoms with Crippen LogP contribution in [-0.2, 0) is 0 Å². The largest absolute Gasteiger partial charge is 0.494 e. The van der Waals surface area contributed by atoms with Gasteiger partial charge in [-0.3, -0.25) is 0 Å². The Morgan fingerprint density at radius 1 is 1.14 bits per heavy atom. The maximum Gasteiger partial charge on any atom is 0.120 e. The van der Waals surface area contributed by atoms with E-state index in [4.69, 9.17) is 4.74 Å². The van der Waals surface area contributed by atoms with Crippen LogP contribution < -0.4 is 15.4 Å². The maximum atomic E-state index is 5.52. The Bertz CT molecular complexity index is 476. The van der Waals surface area contributed by atoms with Gasteiger partial charge in [0, 0.05) is 11.3 Å². The fourth-order valence-corrected chi connectivity index (χ4v) is 2.47. The Balaban J connectivity index is 0.000000383. The molecule has 0 unspecified atom stereocenters. The summed E-state index contributed by atoms with van der Waals surface area (Å²) in [7, 11) is 0. The fourth-order valence-electron chi connectivity index (χ4n) is 2.47. The molecule has 0 bridgehead atoms. The Morgan fingerprint density at radius 2 is 1.81 bits per heavy atom. The summed E-state index contributed by atoms with van der Waals surface area (Å²) in [6.07, 6.45) is 2.26. The van der Waals surface area contributed by atoms with Gasteiger partial charge in [0.2, 0.25) is 0 Å². The lowest BCUT2D eigenvalue weighted by Crippen LogP contribution is -2.31. The van der Waals surface area contributed by atoms with Crippen molar-refractivity contribution in [2.75, 3.05) is 25.0 Å².